The molecule has 0 aromatic heterocycles. The van der Waals surface area contributed by atoms with Crippen molar-refractivity contribution < 1.29 is 14.7 Å². The third-order valence-electron chi connectivity index (χ3n) is 3.67. The molecule has 1 aliphatic heterocycles. The van der Waals surface area contributed by atoms with E-state index in [1.54, 1.807) is 0 Å². The third-order valence-corrected chi connectivity index (χ3v) is 3.67. The first-order chi connectivity index (χ1) is 9.88. The average Bonchev–Trinajstić information content (AvgIpc) is 2.38. The molecule has 0 bridgehead atoms. The van der Waals surface area contributed by atoms with E-state index in [1.807, 2.05) is 20.8 Å². The minimum absolute atomic E-state index is 0.0107. The first-order valence-corrected chi connectivity index (χ1v) is 7.90. The summed E-state index contributed by atoms with van der Waals surface area (Å²) in [7, 11) is 0. The summed E-state index contributed by atoms with van der Waals surface area (Å²) < 4.78 is 0. The largest absolute Gasteiger partial charge is 0.480 e. The van der Waals surface area contributed by atoms with Crippen LogP contribution in [0, 0.1) is 5.92 Å². The van der Waals surface area contributed by atoms with Gasteiger partial charge in [0.15, 0.2) is 0 Å². The average molecular weight is 299 g/mol. The van der Waals surface area contributed by atoms with Gasteiger partial charge in [-0.2, -0.15) is 0 Å². The second-order valence-corrected chi connectivity index (χ2v) is 6.40. The van der Waals surface area contributed by atoms with Gasteiger partial charge in [0.25, 0.3) is 0 Å². The summed E-state index contributed by atoms with van der Waals surface area (Å²) in [6.07, 6.45) is 4.15. The van der Waals surface area contributed by atoms with Crippen LogP contribution in [0.2, 0.25) is 0 Å². The van der Waals surface area contributed by atoms with Crippen LogP contribution in [0.1, 0.15) is 46.5 Å². The van der Waals surface area contributed by atoms with Crippen LogP contribution in [0.5, 0.6) is 0 Å². The molecular weight excluding hydrogens is 270 g/mol. The Morgan fingerprint density at radius 3 is 2.24 bits per heavy atom. The monoisotopic (exact) mass is 299 g/mol. The number of carboxylic acid groups (broad SMARTS) is 1. The van der Waals surface area contributed by atoms with Crippen molar-refractivity contribution in [1.82, 2.24) is 15.5 Å². The number of piperidine rings is 1. The molecule has 0 radical (unpaired) electrons. The molecule has 0 spiro atoms. The molecule has 0 aromatic carbocycles. The summed E-state index contributed by atoms with van der Waals surface area (Å²) in [4.78, 5) is 25.4. The predicted octanol–water partition coefficient (Wildman–Crippen LogP) is 1.66. The fourth-order valence-corrected chi connectivity index (χ4v) is 2.69. The van der Waals surface area contributed by atoms with E-state index in [-0.39, 0.29) is 12.0 Å². The van der Waals surface area contributed by atoms with Crippen LogP contribution in [0.15, 0.2) is 0 Å². The van der Waals surface area contributed by atoms with E-state index in [0.717, 1.165) is 19.6 Å². The van der Waals surface area contributed by atoms with Gasteiger partial charge in [0.05, 0.1) is 0 Å². The number of carbonyl (C=O) groups excluding carboxylic acids is 1. The summed E-state index contributed by atoms with van der Waals surface area (Å²) >= 11 is 0. The minimum Gasteiger partial charge on any atom is -0.480 e. The SMILES string of the molecule is CC(C)CC(NC(=O)NC(C)CN1CCCCC1)C(=O)O. The summed E-state index contributed by atoms with van der Waals surface area (Å²) in [6, 6.07) is -1.21. The lowest BCUT2D eigenvalue weighted by molar-refractivity contribution is -0.139. The predicted molar refractivity (Wildman–Crippen MR) is 82.3 cm³/mol. The number of rotatable bonds is 7. The zero-order chi connectivity index (χ0) is 15.8. The topological polar surface area (TPSA) is 81.7 Å². The third kappa shape index (κ3) is 7.32. The van der Waals surface area contributed by atoms with Crippen molar-refractivity contribution in [1.29, 1.82) is 0 Å². The van der Waals surface area contributed by atoms with Gasteiger partial charge in [-0.1, -0.05) is 20.3 Å². The molecule has 21 heavy (non-hydrogen) atoms. The van der Waals surface area contributed by atoms with E-state index < -0.39 is 18.0 Å². The standard InChI is InChI=1S/C15H29N3O3/c1-11(2)9-13(14(19)20)17-15(21)16-12(3)10-18-7-5-4-6-8-18/h11-13H,4-10H2,1-3H3,(H,19,20)(H2,16,17,21). The molecule has 1 rings (SSSR count). The number of likely N-dealkylation sites (tertiary alicyclic amines) is 1. The summed E-state index contributed by atoms with van der Waals surface area (Å²) in [6.45, 7) is 8.81. The highest BCUT2D eigenvalue weighted by Gasteiger charge is 2.22. The van der Waals surface area contributed by atoms with Gasteiger partial charge in [-0.25, -0.2) is 9.59 Å². The molecule has 6 heteroatoms. The van der Waals surface area contributed by atoms with E-state index in [1.165, 1.54) is 19.3 Å². The van der Waals surface area contributed by atoms with Gasteiger partial charge >= 0.3 is 12.0 Å². The fraction of sp³-hybridized carbons (Fsp3) is 0.867. The van der Waals surface area contributed by atoms with Crippen LogP contribution in [0.25, 0.3) is 0 Å². The summed E-state index contributed by atoms with van der Waals surface area (Å²) in [5, 5.41) is 14.5. The molecule has 2 amide bonds. The van der Waals surface area contributed by atoms with Crippen LogP contribution in [0.4, 0.5) is 4.79 Å². The Hall–Kier alpha value is -1.30. The quantitative estimate of drug-likeness (QED) is 0.668. The van der Waals surface area contributed by atoms with Crippen molar-refractivity contribution in [2.45, 2.75) is 58.5 Å². The number of carbonyl (C=O) groups is 2. The maximum absolute atomic E-state index is 11.9. The van der Waals surface area contributed by atoms with Crippen molar-refractivity contribution in [3.05, 3.63) is 0 Å². The zero-order valence-corrected chi connectivity index (χ0v) is 13.4. The lowest BCUT2D eigenvalue weighted by Crippen LogP contribution is -2.51. The molecule has 1 aliphatic rings. The number of nitrogens with one attached hydrogen (secondary N) is 2. The molecule has 3 N–H and O–H groups in total. The zero-order valence-electron chi connectivity index (χ0n) is 13.4. The Morgan fingerprint density at radius 1 is 1.10 bits per heavy atom. The van der Waals surface area contributed by atoms with Crippen molar-refractivity contribution in [2.24, 2.45) is 5.92 Å². The van der Waals surface area contributed by atoms with Gasteiger partial charge in [0.2, 0.25) is 0 Å². The molecule has 1 fully saturated rings. The van der Waals surface area contributed by atoms with Crippen LogP contribution in [-0.4, -0.2) is 53.7 Å². The number of carboxylic acids is 1. The molecular formula is C15H29N3O3. The van der Waals surface area contributed by atoms with Crippen LogP contribution >= 0.6 is 0 Å². The molecule has 0 aromatic rings. The highest BCUT2D eigenvalue weighted by molar-refractivity contribution is 5.82. The Morgan fingerprint density at radius 2 is 1.71 bits per heavy atom. The van der Waals surface area contributed by atoms with E-state index >= 15 is 0 Å². The molecule has 6 nitrogen and oxygen atoms in total. The van der Waals surface area contributed by atoms with E-state index in [4.69, 9.17) is 5.11 Å². The first-order valence-electron chi connectivity index (χ1n) is 7.90. The Kier molecular flexibility index (Phi) is 7.50. The number of hydrogen-bond acceptors (Lipinski definition) is 3. The Balaban J connectivity index is 2.34. The van der Waals surface area contributed by atoms with Crippen LogP contribution in [-0.2, 0) is 4.79 Å². The van der Waals surface area contributed by atoms with Gasteiger partial charge in [-0.05, 0) is 45.2 Å². The molecule has 1 heterocycles. The molecule has 0 saturated carbocycles. The maximum atomic E-state index is 11.9. The first kappa shape index (κ1) is 17.8. The fourth-order valence-electron chi connectivity index (χ4n) is 2.69. The van der Waals surface area contributed by atoms with Crippen molar-refractivity contribution in [2.75, 3.05) is 19.6 Å². The number of aliphatic carboxylic acids is 1. The molecule has 0 aliphatic carbocycles. The van der Waals surface area contributed by atoms with Crippen molar-refractivity contribution in [3.63, 3.8) is 0 Å². The van der Waals surface area contributed by atoms with Crippen molar-refractivity contribution in [3.8, 4) is 0 Å². The second kappa shape index (κ2) is 8.87. The highest BCUT2D eigenvalue weighted by atomic mass is 16.4. The molecule has 122 valence electrons. The Bertz CT molecular complexity index is 341. The van der Waals surface area contributed by atoms with Gasteiger partial charge in [0.1, 0.15) is 6.04 Å². The number of urea groups is 1. The smallest absolute Gasteiger partial charge is 0.326 e. The molecule has 2 unspecified atom stereocenters. The van der Waals surface area contributed by atoms with Gasteiger partial charge < -0.3 is 20.6 Å². The van der Waals surface area contributed by atoms with Crippen LogP contribution in [0.3, 0.4) is 0 Å². The Labute approximate surface area is 127 Å². The number of nitrogens with zero attached hydrogens (tertiary/aromatic N) is 1. The van der Waals surface area contributed by atoms with Gasteiger partial charge in [-0.3, -0.25) is 0 Å². The second-order valence-electron chi connectivity index (χ2n) is 6.40. The van der Waals surface area contributed by atoms with Gasteiger partial charge in [-0.15, -0.1) is 0 Å². The maximum Gasteiger partial charge on any atom is 0.326 e. The summed E-state index contributed by atoms with van der Waals surface area (Å²) in [5.74, 6) is -0.764. The minimum atomic E-state index is -0.984. The van der Waals surface area contributed by atoms with E-state index in [9.17, 15) is 9.59 Å². The molecule has 2 atom stereocenters. The lowest BCUT2D eigenvalue weighted by atomic mass is 10.0. The molecule has 1 saturated heterocycles. The van der Waals surface area contributed by atoms with Gasteiger partial charge in [0, 0.05) is 12.6 Å². The van der Waals surface area contributed by atoms with E-state index in [2.05, 4.69) is 15.5 Å². The van der Waals surface area contributed by atoms with Crippen molar-refractivity contribution >= 4 is 12.0 Å². The highest BCUT2D eigenvalue weighted by Crippen LogP contribution is 2.09. The lowest BCUT2D eigenvalue weighted by Gasteiger charge is -2.29. The number of amides is 2. The van der Waals surface area contributed by atoms with E-state index in [0.29, 0.717) is 6.42 Å². The summed E-state index contributed by atoms with van der Waals surface area (Å²) in [5.41, 5.74) is 0. The number of hydrogen-bond donors (Lipinski definition) is 3. The normalized spacial score (nSPS) is 19.0. The van der Waals surface area contributed by atoms with Crippen LogP contribution < -0.4 is 10.6 Å².